The molecule has 0 saturated heterocycles. The molecule has 1 atom stereocenters. The predicted molar refractivity (Wildman–Crippen MR) is 74.7 cm³/mol. The quantitative estimate of drug-likeness (QED) is 0.682. The average molecular weight is 273 g/mol. The van der Waals surface area contributed by atoms with Crippen LogP contribution in [0.4, 0.5) is 5.69 Å². The van der Waals surface area contributed by atoms with E-state index in [9.17, 15) is 10.1 Å². The summed E-state index contributed by atoms with van der Waals surface area (Å²) in [5, 5.41) is 11.1. The van der Waals surface area contributed by atoms with Gasteiger partial charge in [0.2, 0.25) is 11.6 Å². The van der Waals surface area contributed by atoms with Crippen molar-refractivity contribution in [1.82, 2.24) is 4.98 Å². The Hall–Kier alpha value is -2.47. The van der Waals surface area contributed by atoms with Gasteiger partial charge in [-0.15, -0.1) is 0 Å². The van der Waals surface area contributed by atoms with E-state index in [-0.39, 0.29) is 17.5 Å². The van der Waals surface area contributed by atoms with Crippen LogP contribution in [-0.2, 0) is 0 Å². The minimum atomic E-state index is -0.457. The van der Waals surface area contributed by atoms with Crippen LogP contribution in [0, 0.1) is 17.0 Å². The summed E-state index contributed by atoms with van der Waals surface area (Å²) in [6.07, 6.45) is 1.60. The number of para-hydroxylation sites is 1. The van der Waals surface area contributed by atoms with Gasteiger partial charge in [0.05, 0.1) is 4.92 Å². The lowest BCUT2D eigenvalue weighted by Crippen LogP contribution is -2.05. The molecule has 1 heterocycles. The summed E-state index contributed by atoms with van der Waals surface area (Å²) in [5.41, 5.74) is 7.09. The van der Waals surface area contributed by atoms with Gasteiger partial charge >= 0.3 is 5.69 Å². The van der Waals surface area contributed by atoms with Crippen molar-refractivity contribution in [2.24, 2.45) is 5.73 Å². The number of aromatic nitrogens is 1. The second kappa shape index (κ2) is 5.66. The summed E-state index contributed by atoms with van der Waals surface area (Å²) >= 11 is 0. The molecule has 1 unspecified atom stereocenters. The lowest BCUT2D eigenvalue weighted by Gasteiger charge is -2.08. The number of nitro benzene ring substituents is 1. The van der Waals surface area contributed by atoms with Gasteiger partial charge in [-0.3, -0.25) is 10.1 Å². The standard InChI is InChI=1S/C14H15N3O3/c1-9-4-3-5-12(14(9)17(18)19)20-13-7-6-11(8-16-13)10(2)15/h3-8,10H,15H2,1-2H3. The van der Waals surface area contributed by atoms with Crippen molar-refractivity contribution in [3.8, 4) is 11.6 Å². The fraction of sp³-hybridized carbons (Fsp3) is 0.214. The molecule has 1 aromatic heterocycles. The second-order valence-corrected chi connectivity index (χ2v) is 4.50. The lowest BCUT2D eigenvalue weighted by atomic mass is 10.1. The lowest BCUT2D eigenvalue weighted by molar-refractivity contribution is -0.386. The maximum Gasteiger partial charge on any atom is 0.314 e. The molecule has 1 aromatic carbocycles. The summed E-state index contributed by atoms with van der Waals surface area (Å²) in [6.45, 7) is 3.51. The zero-order chi connectivity index (χ0) is 14.7. The third-order valence-electron chi connectivity index (χ3n) is 2.88. The molecular formula is C14H15N3O3. The molecule has 0 aliphatic rings. The molecule has 0 amide bonds. The third-order valence-corrected chi connectivity index (χ3v) is 2.88. The number of nitrogens with zero attached hydrogens (tertiary/aromatic N) is 2. The smallest absolute Gasteiger partial charge is 0.314 e. The second-order valence-electron chi connectivity index (χ2n) is 4.50. The largest absolute Gasteiger partial charge is 0.432 e. The SMILES string of the molecule is Cc1cccc(Oc2ccc(C(C)N)cn2)c1[N+](=O)[O-]. The van der Waals surface area contributed by atoms with E-state index in [4.69, 9.17) is 10.5 Å². The van der Waals surface area contributed by atoms with Crippen LogP contribution in [0.15, 0.2) is 36.5 Å². The Balaban J connectivity index is 2.30. The molecule has 2 aromatic rings. The first-order valence-electron chi connectivity index (χ1n) is 6.12. The Morgan fingerprint density at radius 3 is 2.65 bits per heavy atom. The zero-order valence-electron chi connectivity index (χ0n) is 11.2. The van der Waals surface area contributed by atoms with Crippen molar-refractivity contribution in [2.75, 3.05) is 0 Å². The van der Waals surface area contributed by atoms with Gasteiger partial charge in [-0.05, 0) is 25.5 Å². The van der Waals surface area contributed by atoms with Gasteiger partial charge in [-0.25, -0.2) is 4.98 Å². The van der Waals surface area contributed by atoms with Crippen molar-refractivity contribution in [1.29, 1.82) is 0 Å². The van der Waals surface area contributed by atoms with E-state index in [1.165, 1.54) is 0 Å². The normalized spacial score (nSPS) is 11.9. The van der Waals surface area contributed by atoms with Crippen LogP contribution < -0.4 is 10.5 Å². The van der Waals surface area contributed by atoms with Gasteiger partial charge in [0.1, 0.15) is 0 Å². The highest BCUT2D eigenvalue weighted by Gasteiger charge is 2.19. The molecule has 2 N–H and O–H groups in total. The monoisotopic (exact) mass is 273 g/mol. The van der Waals surface area contributed by atoms with Crippen molar-refractivity contribution in [2.45, 2.75) is 19.9 Å². The fourth-order valence-corrected chi connectivity index (χ4v) is 1.78. The molecule has 0 aliphatic heterocycles. The van der Waals surface area contributed by atoms with Crippen molar-refractivity contribution < 1.29 is 9.66 Å². The Morgan fingerprint density at radius 1 is 1.35 bits per heavy atom. The molecule has 0 bridgehead atoms. The molecule has 6 nitrogen and oxygen atoms in total. The van der Waals surface area contributed by atoms with E-state index in [1.54, 1.807) is 43.5 Å². The Kier molecular flexibility index (Phi) is 3.95. The summed E-state index contributed by atoms with van der Waals surface area (Å²) in [5.74, 6) is 0.471. The number of pyridine rings is 1. The van der Waals surface area contributed by atoms with Gasteiger partial charge in [0, 0.05) is 23.9 Å². The van der Waals surface area contributed by atoms with Gasteiger partial charge in [0.15, 0.2) is 0 Å². The molecule has 20 heavy (non-hydrogen) atoms. The van der Waals surface area contributed by atoms with Crippen LogP contribution in [0.3, 0.4) is 0 Å². The predicted octanol–water partition coefficient (Wildman–Crippen LogP) is 3.11. The first-order valence-corrected chi connectivity index (χ1v) is 6.12. The van der Waals surface area contributed by atoms with E-state index in [1.807, 2.05) is 6.92 Å². The molecule has 0 saturated carbocycles. The minimum absolute atomic E-state index is 0.0504. The van der Waals surface area contributed by atoms with E-state index in [0.717, 1.165) is 5.56 Å². The van der Waals surface area contributed by atoms with E-state index in [0.29, 0.717) is 11.4 Å². The van der Waals surface area contributed by atoms with Crippen molar-refractivity contribution in [3.63, 3.8) is 0 Å². The highest BCUT2D eigenvalue weighted by atomic mass is 16.6. The molecule has 0 aliphatic carbocycles. The Morgan fingerprint density at radius 2 is 2.10 bits per heavy atom. The molecular weight excluding hydrogens is 258 g/mol. The third kappa shape index (κ3) is 2.92. The highest BCUT2D eigenvalue weighted by molar-refractivity contribution is 5.53. The molecule has 0 radical (unpaired) electrons. The topological polar surface area (TPSA) is 91.3 Å². The number of nitrogens with two attached hydrogens (primary N) is 1. The Labute approximate surface area is 116 Å². The number of rotatable bonds is 4. The maximum absolute atomic E-state index is 11.1. The van der Waals surface area contributed by atoms with Crippen molar-refractivity contribution >= 4 is 5.69 Å². The van der Waals surface area contributed by atoms with E-state index < -0.39 is 4.92 Å². The van der Waals surface area contributed by atoms with Crippen LogP contribution in [0.5, 0.6) is 11.6 Å². The van der Waals surface area contributed by atoms with Gasteiger partial charge in [0.25, 0.3) is 0 Å². The fourth-order valence-electron chi connectivity index (χ4n) is 1.78. The van der Waals surface area contributed by atoms with Crippen molar-refractivity contribution in [3.05, 3.63) is 57.8 Å². The number of aryl methyl sites for hydroxylation is 1. The van der Waals surface area contributed by atoms with Crippen LogP contribution >= 0.6 is 0 Å². The van der Waals surface area contributed by atoms with Gasteiger partial charge < -0.3 is 10.5 Å². The number of hydrogen-bond donors (Lipinski definition) is 1. The van der Waals surface area contributed by atoms with Crippen LogP contribution in [0.2, 0.25) is 0 Å². The molecule has 0 fully saturated rings. The van der Waals surface area contributed by atoms with Gasteiger partial charge in [-0.1, -0.05) is 18.2 Å². The van der Waals surface area contributed by atoms with Crippen LogP contribution in [0.25, 0.3) is 0 Å². The van der Waals surface area contributed by atoms with Crippen LogP contribution in [-0.4, -0.2) is 9.91 Å². The first kappa shape index (κ1) is 14.0. The molecule has 0 spiro atoms. The summed E-state index contributed by atoms with van der Waals surface area (Å²) < 4.78 is 5.49. The number of nitro groups is 1. The van der Waals surface area contributed by atoms with Gasteiger partial charge in [-0.2, -0.15) is 0 Å². The van der Waals surface area contributed by atoms with Crippen LogP contribution in [0.1, 0.15) is 24.1 Å². The van der Waals surface area contributed by atoms with E-state index in [2.05, 4.69) is 4.98 Å². The minimum Gasteiger partial charge on any atom is -0.432 e. The average Bonchev–Trinajstić information content (AvgIpc) is 2.39. The first-order chi connectivity index (χ1) is 9.49. The number of ether oxygens (including phenoxy) is 1. The summed E-state index contributed by atoms with van der Waals surface area (Å²) in [6, 6.07) is 8.22. The molecule has 2 rings (SSSR count). The maximum atomic E-state index is 11.1. The zero-order valence-corrected chi connectivity index (χ0v) is 11.2. The number of benzene rings is 1. The Bertz CT molecular complexity index is 624. The molecule has 6 heteroatoms. The highest BCUT2D eigenvalue weighted by Crippen LogP contribution is 2.33. The number of hydrogen-bond acceptors (Lipinski definition) is 5. The molecule has 104 valence electrons. The summed E-state index contributed by atoms with van der Waals surface area (Å²) in [4.78, 5) is 14.7. The van der Waals surface area contributed by atoms with E-state index >= 15 is 0 Å². The summed E-state index contributed by atoms with van der Waals surface area (Å²) in [7, 11) is 0.